The lowest BCUT2D eigenvalue weighted by molar-refractivity contribution is -0.886. The molecule has 0 bridgehead atoms. The third-order valence-corrected chi connectivity index (χ3v) is 1.53. The Kier molecular flexibility index (Phi) is 6.39. The van der Waals surface area contributed by atoms with Gasteiger partial charge in [0.1, 0.15) is 0 Å². The van der Waals surface area contributed by atoms with Gasteiger partial charge in [-0.25, -0.2) is 4.79 Å². The van der Waals surface area contributed by atoms with E-state index >= 15 is 0 Å². The fraction of sp³-hybridized carbons (Fsp3) is 0.625. The molecule has 0 aromatic carbocycles. The molecule has 0 aliphatic carbocycles. The molecule has 0 amide bonds. The van der Waals surface area contributed by atoms with E-state index in [4.69, 9.17) is 11.5 Å². The zero-order chi connectivity index (χ0) is 9.07. The molecule has 0 spiro atoms. The van der Waals surface area contributed by atoms with Gasteiger partial charge in [0.25, 0.3) is 0 Å². The maximum Gasteiger partial charge on any atom is 0.363 e. The Morgan fingerprint density at radius 1 is 1.58 bits per heavy atom. The predicted molar refractivity (Wildman–Crippen MR) is 42.9 cm³/mol. The van der Waals surface area contributed by atoms with Crippen molar-refractivity contribution in [2.45, 2.75) is 12.5 Å². The van der Waals surface area contributed by atoms with Gasteiger partial charge in [-0.1, -0.05) is 5.92 Å². The van der Waals surface area contributed by atoms with Crippen LogP contribution in [0, 0.1) is 12.3 Å². The number of quaternary nitrogens is 1. The van der Waals surface area contributed by atoms with Crippen LogP contribution in [-0.4, -0.2) is 42.7 Å². The van der Waals surface area contributed by atoms with Crippen molar-refractivity contribution >= 4 is 5.97 Å². The van der Waals surface area contributed by atoms with Gasteiger partial charge in [0, 0.05) is 0 Å². The van der Waals surface area contributed by atoms with Crippen LogP contribution in [0.2, 0.25) is 0 Å². The van der Waals surface area contributed by atoms with Crippen molar-refractivity contribution in [2.75, 3.05) is 21.1 Å². The van der Waals surface area contributed by atoms with Gasteiger partial charge in [0.05, 0.1) is 27.6 Å². The Labute approximate surface area is 90.4 Å². The van der Waals surface area contributed by atoms with Gasteiger partial charge < -0.3 is 33.6 Å². The Balaban J connectivity index is 0. The summed E-state index contributed by atoms with van der Waals surface area (Å²) >= 11 is 0. The maximum atomic E-state index is 10.6. The second kappa shape index (κ2) is 5.38. The van der Waals surface area contributed by atoms with Crippen LogP contribution in [0.4, 0.5) is 0 Å². The molecular weight excluding hydrogens is 269 g/mol. The van der Waals surface area contributed by atoms with Crippen molar-refractivity contribution in [2.24, 2.45) is 0 Å². The summed E-state index contributed by atoms with van der Waals surface area (Å²) in [4.78, 5) is 10.6. The summed E-state index contributed by atoms with van der Waals surface area (Å²) in [5.41, 5.74) is 0. The van der Waals surface area contributed by atoms with Gasteiger partial charge in [-0.05, 0) is 0 Å². The average Bonchev–Trinajstić information content (AvgIpc) is 1.79. The minimum Gasteiger partial charge on any atom is -1.00 e. The molecule has 0 aromatic rings. The average molecular weight is 283 g/mol. The van der Waals surface area contributed by atoms with Crippen molar-refractivity contribution in [3.8, 4) is 12.3 Å². The van der Waals surface area contributed by atoms with Gasteiger partial charge >= 0.3 is 5.97 Å². The molecule has 0 aliphatic rings. The minimum atomic E-state index is -0.838. The Bertz CT molecular complexity index is 190. The van der Waals surface area contributed by atoms with Gasteiger partial charge in [0.2, 0.25) is 0 Å². The second-order valence-corrected chi connectivity index (χ2v) is 3.38. The van der Waals surface area contributed by atoms with E-state index in [1.807, 2.05) is 21.1 Å². The highest BCUT2D eigenvalue weighted by atomic mass is 127. The Morgan fingerprint density at radius 3 is 2.08 bits per heavy atom. The molecule has 0 unspecified atom stereocenters. The molecule has 0 saturated heterocycles. The van der Waals surface area contributed by atoms with E-state index in [-0.39, 0.29) is 30.4 Å². The van der Waals surface area contributed by atoms with Crippen LogP contribution >= 0.6 is 0 Å². The molecule has 0 aromatic heterocycles. The zero-order valence-electron chi connectivity index (χ0n) is 7.54. The first-order valence-corrected chi connectivity index (χ1v) is 3.37. The summed E-state index contributed by atoms with van der Waals surface area (Å²) in [6, 6.07) is -0.500. The maximum absolute atomic E-state index is 10.6. The summed E-state index contributed by atoms with van der Waals surface area (Å²) in [5.74, 6) is 1.52. The number of carboxylic acids is 1. The fourth-order valence-electron chi connectivity index (χ4n) is 0.804. The first kappa shape index (κ1) is 14.3. The second-order valence-electron chi connectivity index (χ2n) is 3.38. The topological polar surface area (TPSA) is 37.3 Å². The highest BCUT2D eigenvalue weighted by Gasteiger charge is 2.29. The normalized spacial score (nSPS) is 12.5. The molecule has 0 fully saturated rings. The number of rotatable bonds is 3. The highest BCUT2D eigenvalue weighted by Crippen LogP contribution is 2.06. The highest BCUT2D eigenvalue weighted by molar-refractivity contribution is 5.72. The van der Waals surface area contributed by atoms with Crippen LogP contribution in [0.3, 0.4) is 0 Å². The third kappa shape index (κ3) is 4.57. The van der Waals surface area contributed by atoms with E-state index in [0.29, 0.717) is 4.48 Å². The van der Waals surface area contributed by atoms with Gasteiger partial charge in [0.15, 0.2) is 6.04 Å². The Hall–Kier alpha value is -0.280. The van der Waals surface area contributed by atoms with E-state index in [0.717, 1.165) is 0 Å². The number of carboxylic acid groups (broad SMARTS) is 1. The van der Waals surface area contributed by atoms with E-state index in [1.54, 1.807) is 0 Å². The summed E-state index contributed by atoms with van der Waals surface area (Å²) in [6.45, 7) is 0. The lowest BCUT2D eigenvalue weighted by Gasteiger charge is -2.29. The predicted octanol–water partition coefficient (Wildman–Crippen LogP) is -2.83. The molecule has 70 valence electrons. The molecule has 0 saturated carbocycles. The summed E-state index contributed by atoms with van der Waals surface area (Å²) in [5, 5.41) is 8.73. The summed E-state index contributed by atoms with van der Waals surface area (Å²) in [6.07, 6.45) is 5.32. The molecule has 0 rings (SSSR count). The molecule has 12 heavy (non-hydrogen) atoms. The third-order valence-electron chi connectivity index (χ3n) is 1.53. The van der Waals surface area contributed by atoms with Crippen LogP contribution in [0.5, 0.6) is 0 Å². The van der Waals surface area contributed by atoms with Crippen molar-refractivity contribution in [1.82, 2.24) is 0 Å². The number of hydrogen-bond acceptors (Lipinski definition) is 1. The standard InChI is InChI=1S/C8H13NO2.HI/c1-5-6-7(8(10)11)9(2,3)4;/h1,7H,6H2,2-4H3;1H/t7-;/m0./s1. The fourth-order valence-corrected chi connectivity index (χ4v) is 0.804. The largest absolute Gasteiger partial charge is 1.00 e. The quantitative estimate of drug-likeness (QED) is 0.344. The lowest BCUT2D eigenvalue weighted by Crippen LogP contribution is -3.00. The summed E-state index contributed by atoms with van der Waals surface area (Å²) < 4.78 is 0.361. The number of carbonyl (C=O) groups is 1. The molecular formula is C8H14INO2. The number of terminal acetylenes is 1. The number of aliphatic carboxylic acids is 1. The minimum absolute atomic E-state index is 0. The molecule has 4 heteroatoms. The van der Waals surface area contributed by atoms with Gasteiger partial charge in [-0.15, -0.1) is 6.42 Å². The monoisotopic (exact) mass is 283 g/mol. The van der Waals surface area contributed by atoms with E-state index < -0.39 is 12.0 Å². The Morgan fingerprint density at radius 2 is 2.00 bits per heavy atom. The number of hydrogen-bond donors (Lipinski definition) is 1. The van der Waals surface area contributed by atoms with Crippen molar-refractivity contribution in [1.29, 1.82) is 0 Å². The smallest absolute Gasteiger partial charge is 0.363 e. The molecule has 0 radical (unpaired) electrons. The van der Waals surface area contributed by atoms with Gasteiger partial charge in [-0.2, -0.15) is 0 Å². The number of halogens is 1. The number of likely N-dealkylation sites (N-methyl/N-ethyl adjacent to an activating group) is 1. The SMILES string of the molecule is C#CC[C@@H](C(=O)O)[N+](C)(C)C.[I-]. The molecule has 3 nitrogen and oxygen atoms in total. The van der Waals surface area contributed by atoms with Crippen LogP contribution in [0.1, 0.15) is 6.42 Å². The first-order valence-electron chi connectivity index (χ1n) is 3.37. The molecule has 0 heterocycles. The van der Waals surface area contributed by atoms with E-state index in [9.17, 15) is 4.79 Å². The molecule has 0 aliphatic heterocycles. The van der Waals surface area contributed by atoms with E-state index in [1.165, 1.54) is 0 Å². The zero-order valence-corrected chi connectivity index (χ0v) is 9.70. The van der Waals surface area contributed by atoms with Crippen LogP contribution < -0.4 is 24.0 Å². The lowest BCUT2D eigenvalue weighted by atomic mass is 10.2. The van der Waals surface area contributed by atoms with Crippen molar-refractivity contribution in [3.63, 3.8) is 0 Å². The number of nitrogens with zero attached hydrogens (tertiary/aromatic N) is 1. The van der Waals surface area contributed by atoms with Crippen LogP contribution in [-0.2, 0) is 4.79 Å². The summed E-state index contributed by atoms with van der Waals surface area (Å²) in [7, 11) is 5.45. The molecule has 1 N–H and O–H groups in total. The van der Waals surface area contributed by atoms with E-state index in [2.05, 4.69) is 5.92 Å². The van der Waals surface area contributed by atoms with Crippen molar-refractivity contribution in [3.05, 3.63) is 0 Å². The first-order chi connectivity index (χ1) is 4.89. The van der Waals surface area contributed by atoms with Gasteiger partial charge in [-0.3, -0.25) is 0 Å². The van der Waals surface area contributed by atoms with Crippen LogP contribution in [0.15, 0.2) is 0 Å². The molecule has 1 atom stereocenters. The van der Waals surface area contributed by atoms with Crippen molar-refractivity contribution < 1.29 is 38.4 Å². The van der Waals surface area contributed by atoms with Crippen LogP contribution in [0.25, 0.3) is 0 Å².